The Kier molecular flexibility index (Phi) is 9.84. The van der Waals surface area contributed by atoms with Gasteiger partial charge in [-0.3, -0.25) is 0 Å². The van der Waals surface area contributed by atoms with Gasteiger partial charge in [0, 0.05) is 40.9 Å². The fourth-order valence-corrected chi connectivity index (χ4v) is 7.17. The number of benzene rings is 7. The quantitative estimate of drug-likeness (QED) is 0.149. The highest BCUT2D eigenvalue weighted by atomic mass is 15.3. The van der Waals surface area contributed by atoms with E-state index < -0.39 is 0 Å². The van der Waals surface area contributed by atoms with Crippen LogP contribution in [0.25, 0.3) is 0 Å². The molecule has 1 heterocycles. The minimum Gasteiger partial charge on any atom is -0.333 e. The van der Waals surface area contributed by atoms with E-state index in [2.05, 4.69) is 225 Å². The number of aliphatic imine (C=N–C) groups is 2. The standard InChI is InChI=1S/C50H45N5/c1-35-19-27-40(28-20-35)54(41-29-21-36(2)22-30-41)46-17-11-9-15-44(46)48-51-49(39-13-7-6-8-14-39)53(5)50(52-48)45-16-10-12-18-47(45)55(42-31-23-37(3)24-32-42)43-33-25-38(4)26-34-43/h6-34,49H,1-5H3. The first kappa shape index (κ1) is 35.3. The molecule has 1 atom stereocenters. The zero-order valence-corrected chi connectivity index (χ0v) is 32.1. The molecule has 0 aromatic heterocycles. The molecule has 5 heteroatoms. The summed E-state index contributed by atoms with van der Waals surface area (Å²) in [5.74, 6) is 1.51. The van der Waals surface area contributed by atoms with Gasteiger partial charge in [-0.25, -0.2) is 9.98 Å². The highest BCUT2D eigenvalue weighted by Gasteiger charge is 2.31. The van der Waals surface area contributed by atoms with Crippen LogP contribution in [0.3, 0.4) is 0 Å². The van der Waals surface area contributed by atoms with Crippen molar-refractivity contribution in [3.63, 3.8) is 0 Å². The lowest BCUT2D eigenvalue weighted by Gasteiger charge is -2.35. The van der Waals surface area contributed by atoms with E-state index in [4.69, 9.17) is 9.98 Å². The van der Waals surface area contributed by atoms with Crippen LogP contribution in [0, 0.1) is 27.7 Å². The smallest absolute Gasteiger partial charge is 0.161 e. The second-order valence-electron chi connectivity index (χ2n) is 14.3. The molecule has 1 aliphatic rings. The van der Waals surface area contributed by atoms with Crippen LogP contribution in [-0.2, 0) is 0 Å². The molecule has 270 valence electrons. The Balaban J connectivity index is 1.34. The number of hydrogen-bond acceptors (Lipinski definition) is 5. The molecule has 0 fully saturated rings. The molecule has 0 bridgehead atoms. The molecule has 0 radical (unpaired) electrons. The van der Waals surface area contributed by atoms with Crippen LogP contribution in [0.4, 0.5) is 34.1 Å². The lowest BCUT2D eigenvalue weighted by atomic mass is 10.0. The third-order valence-electron chi connectivity index (χ3n) is 10.2. The van der Waals surface area contributed by atoms with Crippen molar-refractivity contribution in [2.24, 2.45) is 9.98 Å². The number of rotatable bonds is 9. The van der Waals surface area contributed by atoms with E-state index in [1.807, 2.05) is 0 Å². The van der Waals surface area contributed by atoms with Gasteiger partial charge >= 0.3 is 0 Å². The van der Waals surface area contributed by atoms with Crippen LogP contribution >= 0.6 is 0 Å². The van der Waals surface area contributed by atoms with E-state index in [-0.39, 0.29) is 6.17 Å². The Morgan fingerprint density at radius 3 is 1.22 bits per heavy atom. The van der Waals surface area contributed by atoms with Gasteiger partial charge in [0.2, 0.25) is 0 Å². The van der Waals surface area contributed by atoms with E-state index in [9.17, 15) is 0 Å². The van der Waals surface area contributed by atoms with Crippen LogP contribution in [0.5, 0.6) is 0 Å². The van der Waals surface area contributed by atoms with Crippen LogP contribution in [-0.4, -0.2) is 23.6 Å². The van der Waals surface area contributed by atoms with Crippen molar-refractivity contribution < 1.29 is 0 Å². The maximum Gasteiger partial charge on any atom is 0.161 e. The number of hydrogen-bond donors (Lipinski definition) is 0. The lowest BCUT2D eigenvalue weighted by molar-refractivity contribution is 0.383. The number of anilines is 6. The van der Waals surface area contributed by atoms with Crippen LogP contribution in [0.2, 0.25) is 0 Å². The molecule has 0 N–H and O–H groups in total. The molecule has 7 aromatic carbocycles. The summed E-state index contributed by atoms with van der Waals surface area (Å²) in [4.78, 5) is 17.9. The van der Waals surface area contributed by atoms with E-state index >= 15 is 0 Å². The van der Waals surface area contributed by atoms with Crippen molar-refractivity contribution in [2.75, 3.05) is 16.8 Å². The molecule has 0 saturated heterocycles. The SMILES string of the molecule is Cc1ccc(N(c2ccc(C)cc2)c2ccccc2C2=NC(c3ccccc3)N(C)C(c3ccccc3N(c3ccc(C)cc3)c3ccc(C)cc3)=N2)cc1. The Morgan fingerprint density at radius 1 is 0.418 bits per heavy atom. The summed E-state index contributed by atoms with van der Waals surface area (Å²) in [7, 11) is 2.10. The first-order valence-corrected chi connectivity index (χ1v) is 18.8. The second-order valence-corrected chi connectivity index (χ2v) is 14.3. The van der Waals surface area contributed by atoms with Crippen LogP contribution in [0.1, 0.15) is 45.1 Å². The van der Waals surface area contributed by atoms with Gasteiger partial charge in [-0.05, 0) is 106 Å². The third-order valence-corrected chi connectivity index (χ3v) is 10.2. The highest BCUT2D eigenvalue weighted by Crippen LogP contribution is 2.41. The summed E-state index contributed by atoms with van der Waals surface area (Å²) < 4.78 is 0. The summed E-state index contributed by atoms with van der Waals surface area (Å²) >= 11 is 0. The van der Waals surface area contributed by atoms with Crippen molar-refractivity contribution >= 4 is 45.8 Å². The van der Waals surface area contributed by atoms with Crippen molar-refractivity contribution in [1.29, 1.82) is 0 Å². The molecule has 1 aliphatic heterocycles. The van der Waals surface area contributed by atoms with Crippen molar-refractivity contribution in [3.8, 4) is 0 Å². The Morgan fingerprint density at radius 2 is 0.782 bits per heavy atom. The molecule has 0 amide bonds. The molecular formula is C50H45N5. The van der Waals surface area contributed by atoms with Crippen molar-refractivity contribution in [3.05, 3.63) is 215 Å². The normalized spacial score (nSPS) is 13.9. The summed E-state index contributed by atoms with van der Waals surface area (Å²) in [6.45, 7) is 8.50. The summed E-state index contributed by atoms with van der Waals surface area (Å²) in [6, 6.07) is 62.5. The van der Waals surface area contributed by atoms with Crippen molar-refractivity contribution in [1.82, 2.24) is 4.90 Å². The van der Waals surface area contributed by atoms with Gasteiger partial charge in [-0.2, -0.15) is 0 Å². The lowest BCUT2D eigenvalue weighted by Crippen LogP contribution is -2.36. The van der Waals surface area contributed by atoms with E-state index in [1.165, 1.54) is 22.3 Å². The topological polar surface area (TPSA) is 34.4 Å². The Hall–Kier alpha value is -6.72. The number of nitrogens with zero attached hydrogens (tertiary/aromatic N) is 5. The van der Waals surface area contributed by atoms with Crippen LogP contribution < -0.4 is 9.80 Å². The molecule has 0 aliphatic carbocycles. The molecular weight excluding hydrogens is 671 g/mol. The zero-order valence-electron chi connectivity index (χ0n) is 32.1. The number of para-hydroxylation sites is 2. The van der Waals surface area contributed by atoms with E-state index in [0.717, 1.165) is 56.7 Å². The number of aryl methyl sites for hydroxylation is 4. The molecule has 55 heavy (non-hydrogen) atoms. The van der Waals surface area contributed by atoms with E-state index in [1.54, 1.807) is 0 Å². The molecule has 5 nitrogen and oxygen atoms in total. The maximum atomic E-state index is 5.54. The monoisotopic (exact) mass is 715 g/mol. The molecule has 1 unspecified atom stereocenters. The molecule has 0 spiro atoms. The first-order chi connectivity index (χ1) is 26.8. The van der Waals surface area contributed by atoms with Gasteiger partial charge in [-0.1, -0.05) is 125 Å². The Labute approximate surface area is 325 Å². The predicted molar refractivity (Wildman–Crippen MR) is 231 cm³/mol. The fourth-order valence-electron chi connectivity index (χ4n) is 7.17. The van der Waals surface area contributed by atoms with Gasteiger partial charge in [0.05, 0.1) is 11.4 Å². The zero-order chi connectivity index (χ0) is 37.9. The second kappa shape index (κ2) is 15.3. The Bertz CT molecular complexity index is 2370. The summed E-state index contributed by atoms with van der Waals surface area (Å²) in [6.07, 6.45) is -0.316. The minimum atomic E-state index is -0.316. The van der Waals surface area contributed by atoms with Gasteiger partial charge in [0.25, 0.3) is 0 Å². The third kappa shape index (κ3) is 7.29. The predicted octanol–water partition coefficient (Wildman–Crippen LogP) is 12.7. The highest BCUT2D eigenvalue weighted by molar-refractivity contribution is 6.17. The van der Waals surface area contributed by atoms with Gasteiger partial charge < -0.3 is 14.7 Å². The van der Waals surface area contributed by atoms with Crippen LogP contribution in [0.15, 0.2) is 186 Å². The fraction of sp³-hybridized carbons (Fsp3) is 0.120. The largest absolute Gasteiger partial charge is 0.333 e. The van der Waals surface area contributed by atoms with Gasteiger partial charge in [-0.15, -0.1) is 0 Å². The maximum absolute atomic E-state index is 5.54. The molecule has 8 rings (SSSR count). The summed E-state index contributed by atoms with van der Waals surface area (Å²) in [5, 5.41) is 0. The average Bonchev–Trinajstić information content (AvgIpc) is 3.22. The molecule has 0 saturated carbocycles. The molecule has 7 aromatic rings. The van der Waals surface area contributed by atoms with Crippen molar-refractivity contribution in [2.45, 2.75) is 33.9 Å². The van der Waals surface area contributed by atoms with Gasteiger partial charge in [0.15, 0.2) is 5.84 Å². The minimum absolute atomic E-state index is 0.316. The average molecular weight is 716 g/mol. The first-order valence-electron chi connectivity index (χ1n) is 18.8. The summed E-state index contributed by atoms with van der Waals surface area (Å²) in [5.41, 5.74) is 14.2. The van der Waals surface area contributed by atoms with E-state index in [0.29, 0.717) is 5.84 Å². The number of amidine groups is 2. The van der Waals surface area contributed by atoms with Gasteiger partial charge in [0.1, 0.15) is 12.0 Å².